The third-order valence-electron chi connectivity index (χ3n) is 5.54. The van der Waals surface area contributed by atoms with Gasteiger partial charge in [-0.25, -0.2) is 9.97 Å². The average Bonchev–Trinajstić information content (AvgIpc) is 3.34. The number of nitrogens with zero attached hydrogens (tertiary/aromatic N) is 6. The third-order valence-corrected chi connectivity index (χ3v) is 5.54. The highest BCUT2D eigenvalue weighted by atomic mass is 19.4. The maximum atomic E-state index is 13.2. The van der Waals surface area contributed by atoms with Crippen LogP contribution >= 0.6 is 0 Å². The van der Waals surface area contributed by atoms with Crippen LogP contribution in [0.4, 0.5) is 24.8 Å². The standard InChI is InChI=1S/C23H17F3N8O2/c1-11-4-12-5-14(8-28-19(12)30-11)36-17-9-29-20-18(15(17)7-27)34(3)22(32-20)31-16-6-13(23(24,25)26)10-33(2)21(16)35/h4-6,8-10H,1-3H3,(H,28,30)(H,29,31,32). The molecule has 0 fully saturated rings. The van der Waals surface area contributed by atoms with Crippen molar-refractivity contribution in [2.75, 3.05) is 5.32 Å². The number of nitriles is 1. The molecule has 0 amide bonds. The van der Waals surface area contributed by atoms with E-state index in [1.54, 1.807) is 6.07 Å². The maximum Gasteiger partial charge on any atom is 0.417 e. The minimum absolute atomic E-state index is 0.0217. The Labute approximate surface area is 200 Å². The molecular weight excluding hydrogens is 477 g/mol. The molecule has 182 valence electrons. The van der Waals surface area contributed by atoms with Gasteiger partial charge in [0.15, 0.2) is 11.4 Å². The van der Waals surface area contributed by atoms with E-state index < -0.39 is 17.3 Å². The minimum atomic E-state index is -4.65. The quantitative estimate of drug-likeness (QED) is 0.382. The SMILES string of the molecule is Cc1cc2cc(Oc3cnc4nc(Nc5cc(C(F)(F)F)cn(C)c5=O)n(C)c4c3C#N)cnc2[nH]1. The summed E-state index contributed by atoms with van der Waals surface area (Å²) < 4.78 is 47.9. The van der Waals surface area contributed by atoms with E-state index in [4.69, 9.17) is 4.74 Å². The molecule has 36 heavy (non-hydrogen) atoms. The van der Waals surface area contributed by atoms with Crippen LogP contribution in [-0.4, -0.2) is 29.1 Å². The van der Waals surface area contributed by atoms with Gasteiger partial charge in [0.2, 0.25) is 5.95 Å². The van der Waals surface area contributed by atoms with Gasteiger partial charge < -0.3 is 24.2 Å². The summed E-state index contributed by atoms with van der Waals surface area (Å²) in [6.45, 7) is 1.90. The lowest BCUT2D eigenvalue weighted by molar-refractivity contribution is -0.138. The number of anilines is 2. The van der Waals surface area contributed by atoms with Crippen LogP contribution in [0.1, 0.15) is 16.8 Å². The minimum Gasteiger partial charge on any atom is -0.453 e. The highest BCUT2D eigenvalue weighted by Gasteiger charge is 2.32. The number of alkyl halides is 3. The van der Waals surface area contributed by atoms with Crippen LogP contribution in [0.15, 0.2) is 41.6 Å². The van der Waals surface area contributed by atoms with E-state index in [-0.39, 0.29) is 34.1 Å². The number of fused-ring (bicyclic) bond motifs is 2. The van der Waals surface area contributed by atoms with Gasteiger partial charge in [-0.3, -0.25) is 4.79 Å². The zero-order valence-corrected chi connectivity index (χ0v) is 19.1. The van der Waals surface area contributed by atoms with Crippen molar-refractivity contribution in [2.45, 2.75) is 13.1 Å². The number of H-pyrrole nitrogens is 1. The topological polar surface area (TPSA) is 126 Å². The molecule has 10 nitrogen and oxygen atoms in total. The zero-order chi connectivity index (χ0) is 25.8. The molecule has 0 aromatic carbocycles. The van der Waals surface area contributed by atoms with E-state index in [9.17, 15) is 23.2 Å². The molecule has 5 heterocycles. The number of ether oxygens (including phenoxy) is 1. The number of hydrogen-bond acceptors (Lipinski definition) is 7. The van der Waals surface area contributed by atoms with Crippen LogP contribution < -0.4 is 15.6 Å². The van der Waals surface area contributed by atoms with Gasteiger partial charge in [-0.1, -0.05) is 0 Å². The first-order chi connectivity index (χ1) is 17.0. The van der Waals surface area contributed by atoms with Gasteiger partial charge in [-0.2, -0.15) is 23.4 Å². The van der Waals surface area contributed by atoms with Gasteiger partial charge in [0.25, 0.3) is 5.56 Å². The van der Waals surface area contributed by atoms with Crippen molar-refractivity contribution in [3.63, 3.8) is 0 Å². The summed E-state index contributed by atoms with van der Waals surface area (Å²) in [6, 6.07) is 6.44. The zero-order valence-electron chi connectivity index (χ0n) is 19.1. The number of aromatic amines is 1. The number of halogens is 3. The second-order valence-corrected chi connectivity index (χ2v) is 8.12. The summed E-state index contributed by atoms with van der Waals surface area (Å²) in [5.74, 6) is 0.545. The molecule has 0 bridgehead atoms. The van der Waals surface area contributed by atoms with Crippen molar-refractivity contribution in [1.82, 2.24) is 29.1 Å². The van der Waals surface area contributed by atoms with Gasteiger partial charge in [0.1, 0.15) is 34.2 Å². The van der Waals surface area contributed by atoms with Crippen molar-refractivity contribution >= 4 is 33.8 Å². The Bertz CT molecular complexity index is 1760. The smallest absolute Gasteiger partial charge is 0.417 e. The second kappa shape index (κ2) is 8.12. The summed E-state index contributed by atoms with van der Waals surface area (Å²) in [5.41, 5.74) is 0.122. The Morgan fingerprint density at radius 1 is 1.17 bits per heavy atom. The second-order valence-electron chi connectivity index (χ2n) is 8.12. The van der Waals surface area contributed by atoms with Crippen molar-refractivity contribution in [3.05, 3.63) is 64.0 Å². The molecule has 2 N–H and O–H groups in total. The van der Waals surface area contributed by atoms with E-state index in [1.807, 2.05) is 13.0 Å². The average molecular weight is 494 g/mol. The van der Waals surface area contributed by atoms with Crippen LogP contribution in [0.2, 0.25) is 0 Å². The highest BCUT2D eigenvalue weighted by molar-refractivity contribution is 5.84. The fraction of sp³-hybridized carbons (Fsp3) is 0.174. The Morgan fingerprint density at radius 3 is 2.67 bits per heavy atom. The summed E-state index contributed by atoms with van der Waals surface area (Å²) >= 11 is 0. The van der Waals surface area contributed by atoms with E-state index in [0.717, 1.165) is 15.6 Å². The van der Waals surface area contributed by atoms with Crippen LogP contribution in [0.25, 0.3) is 22.2 Å². The van der Waals surface area contributed by atoms with Crippen LogP contribution in [-0.2, 0) is 20.3 Å². The van der Waals surface area contributed by atoms with Gasteiger partial charge in [0, 0.05) is 31.4 Å². The first-order valence-corrected chi connectivity index (χ1v) is 10.5. The first kappa shape index (κ1) is 22.9. The lowest BCUT2D eigenvalue weighted by atomic mass is 10.2. The molecule has 0 saturated heterocycles. The van der Waals surface area contributed by atoms with Crippen molar-refractivity contribution in [1.29, 1.82) is 5.26 Å². The third kappa shape index (κ3) is 3.88. The molecule has 0 unspecified atom stereocenters. The van der Waals surface area contributed by atoms with E-state index in [0.29, 0.717) is 23.7 Å². The molecule has 5 aromatic rings. The van der Waals surface area contributed by atoms with Gasteiger partial charge in [-0.15, -0.1) is 0 Å². The normalized spacial score (nSPS) is 11.7. The molecule has 0 aliphatic heterocycles. The summed E-state index contributed by atoms with van der Waals surface area (Å²) in [5, 5.41) is 13.3. The molecule has 13 heteroatoms. The molecule has 0 atom stereocenters. The molecule has 0 aliphatic rings. The molecular formula is C23H17F3N8O2. The lowest BCUT2D eigenvalue weighted by Gasteiger charge is -2.12. The molecule has 0 spiro atoms. The molecule has 0 radical (unpaired) electrons. The Balaban J connectivity index is 1.55. The number of nitrogens with one attached hydrogen (secondary N) is 2. The number of hydrogen-bond donors (Lipinski definition) is 2. The van der Waals surface area contributed by atoms with Gasteiger partial charge in [-0.05, 0) is 25.1 Å². The number of pyridine rings is 3. The van der Waals surface area contributed by atoms with Crippen LogP contribution in [0.3, 0.4) is 0 Å². The number of aryl methyl sites for hydroxylation is 3. The summed E-state index contributed by atoms with van der Waals surface area (Å²) in [7, 11) is 2.76. The van der Waals surface area contributed by atoms with E-state index >= 15 is 0 Å². The molecule has 0 saturated carbocycles. The Hall–Kier alpha value is -4.86. The Morgan fingerprint density at radius 2 is 1.94 bits per heavy atom. The molecule has 5 aromatic heterocycles. The number of rotatable bonds is 4. The van der Waals surface area contributed by atoms with Gasteiger partial charge >= 0.3 is 6.18 Å². The van der Waals surface area contributed by atoms with Crippen LogP contribution in [0, 0.1) is 18.3 Å². The largest absolute Gasteiger partial charge is 0.453 e. The maximum absolute atomic E-state index is 13.2. The predicted molar refractivity (Wildman–Crippen MR) is 124 cm³/mol. The lowest BCUT2D eigenvalue weighted by Crippen LogP contribution is -2.23. The number of aromatic nitrogens is 6. The Kier molecular flexibility index (Phi) is 5.17. The fourth-order valence-electron chi connectivity index (χ4n) is 3.84. The van der Waals surface area contributed by atoms with Crippen LogP contribution in [0.5, 0.6) is 11.5 Å². The van der Waals surface area contributed by atoms with E-state index in [2.05, 4.69) is 31.3 Å². The van der Waals surface area contributed by atoms with Crippen molar-refractivity contribution in [2.24, 2.45) is 14.1 Å². The summed E-state index contributed by atoms with van der Waals surface area (Å²) in [4.78, 5) is 28.4. The van der Waals surface area contributed by atoms with Gasteiger partial charge in [0.05, 0.1) is 18.0 Å². The molecule has 5 rings (SSSR count). The fourth-order valence-corrected chi connectivity index (χ4v) is 3.84. The van der Waals surface area contributed by atoms with Crippen molar-refractivity contribution < 1.29 is 17.9 Å². The van der Waals surface area contributed by atoms with Crippen molar-refractivity contribution in [3.8, 4) is 17.6 Å². The predicted octanol–water partition coefficient (Wildman–Crippen LogP) is 4.28. The number of imidazole rings is 1. The summed E-state index contributed by atoms with van der Waals surface area (Å²) in [6.07, 6.45) is -1.10. The van der Waals surface area contributed by atoms with E-state index in [1.165, 1.54) is 31.1 Å². The highest BCUT2D eigenvalue weighted by Crippen LogP contribution is 2.33. The molecule has 0 aliphatic carbocycles. The first-order valence-electron chi connectivity index (χ1n) is 10.5. The monoisotopic (exact) mass is 494 g/mol.